The third-order valence-corrected chi connectivity index (χ3v) is 7.72. The van der Waals surface area contributed by atoms with Crippen molar-refractivity contribution in [3.63, 3.8) is 0 Å². The van der Waals surface area contributed by atoms with Gasteiger partial charge >= 0.3 is 0 Å². The van der Waals surface area contributed by atoms with E-state index in [1.165, 1.54) is 21.3 Å². The molecule has 1 aromatic heterocycles. The smallest absolute Gasteiger partial charge is 0.266 e. The van der Waals surface area contributed by atoms with Gasteiger partial charge in [-0.2, -0.15) is 0 Å². The molecule has 1 fully saturated rings. The summed E-state index contributed by atoms with van der Waals surface area (Å²) in [7, 11) is 0. The first-order valence-electron chi connectivity index (χ1n) is 11.0. The van der Waals surface area contributed by atoms with Crippen LogP contribution in [0.2, 0.25) is 0 Å². The highest BCUT2D eigenvalue weighted by atomic mass is 32.2. The van der Waals surface area contributed by atoms with Crippen molar-refractivity contribution in [2.75, 3.05) is 11.5 Å². The zero-order valence-corrected chi connectivity index (χ0v) is 20.5. The molecule has 2 amide bonds. The highest BCUT2D eigenvalue weighted by Gasteiger charge is 2.34. The zero-order valence-electron chi connectivity index (χ0n) is 18.9. The van der Waals surface area contributed by atoms with Crippen molar-refractivity contribution in [2.24, 2.45) is 0 Å². The van der Waals surface area contributed by atoms with Crippen LogP contribution in [0.25, 0.3) is 16.6 Å². The van der Waals surface area contributed by atoms with E-state index in [2.05, 4.69) is 10.4 Å². The number of nitrogens with one attached hydrogen (secondary N) is 1. The van der Waals surface area contributed by atoms with Gasteiger partial charge in [-0.1, -0.05) is 71.9 Å². The van der Waals surface area contributed by atoms with Crippen LogP contribution in [0, 0.1) is 6.92 Å². The number of hydrazine groups is 1. The predicted molar refractivity (Wildman–Crippen MR) is 139 cm³/mol. The van der Waals surface area contributed by atoms with Gasteiger partial charge in [0.25, 0.3) is 11.5 Å². The summed E-state index contributed by atoms with van der Waals surface area (Å²) in [5, 5.41) is 2.04. The molecule has 1 N–H and O–H groups in total. The van der Waals surface area contributed by atoms with Crippen molar-refractivity contribution >= 4 is 46.2 Å². The predicted octanol–water partition coefficient (Wildman–Crippen LogP) is 4.09. The second-order valence-corrected chi connectivity index (χ2v) is 10.1. The fourth-order valence-corrected chi connectivity index (χ4v) is 5.75. The van der Waals surface area contributed by atoms with Crippen molar-refractivity contribution in [3.05, 3.63) is 100 Å². The van der Waals surface area contributed by atoms with Crippen LogP contribution in [0.3, 0.4) is 0 Å². The number of aryl methyl sites for hydroxylation is 1. The molecule has 35 heavy (non-hydrogen) atoms. The minimum absolute atomic E-state index is 0.00734. The van der Waals surface area contributed by atoms with E-state index >= 15 is 0 Å². The Balaban J connectivity index is 1.40. The first kappa shape index (κ1) is 23.2. The summed E-state index contributed by atoms with van der Waals surface area (Å²) in [5.74, 6) is -0.203. The molecule has 176 valence electrons. The summed E-state index contributed by atoms with van der Waals surface area (Å²) >= 11 is 2.63. The summed E-state index contributed by atoms with van der Waals surface area (Å²) in [6.45, 7) is 1.98. The van der Waals surface area contributed by atoms with Crippen LogP contribution in [-0.2, 0) is 9.59 Å². The summed E-state index contributed by atoms with van der Waals surface area (Å²) in [6, 6.07) is 24.3. The van der Waals surface area contributed by atoms with Crippen LogP contribution in [0.1, 0.15) is 16.5 Å². The fourth-order valence-electron chi connectivity index (χ4n) is 3.84. The van der Waals surface area contributed by atoms with Crippen LogP contribution < -0.4 is 11.0 Å². The molecule has 0 bridgehead atoms. The Hall–Kier alpha value is -3.56. The molecule has 3 aromatic carbocycles. The fraction of sp³-hybridized carbons (Fsp3) is 0.154. The highest BCUT2D eigenvalue weighted by Crippen LogP contribution is 2.37. The normalized spacial score (nSPS) is 15.5. The molecule has 5 rings (SSSR count). The summed E-state index contributed by atoms with van der Waals surface area (Å²) < 4.78 is 1.53. The van der Waals surface area contributed by atoms with E-state index in [1.807, 2.05) is 67.6 Å². The molecular formula is C26H22N4O3S2. The molecule has 1 unspecified atom stereocenters. The number of aromatic nitrogens is 2. The average molecular weight is 503 g/mol. The SMILES string of the molecule is Cc1ccc(-n2c(SCC(=O)NN3C(=O)CSC3c3ccccc3)nc3ccccc3c2=O)cc1. The number of hydrogen-bond donors (Lipinski definition) is 1. The molecule has 0 radical (unpaired) electrons. The van der Waals surface area contributed by atoms with Gasteiger partial charge in [0, 0.05) is 0 Å². The lowest BCUT2D eigenvalue weighted by Crippen LogP contribution is -2.45. The average Bonchev–Trinajstić information content (AvgIpc) is 3.24. The van der Waals surface area contributed by atoms with Gasteiger partial charge in [-0.25, -0.2) is 9.99 Å². The molecule has 0 saturated carbocycles. The Bertz CT molecular complexity index is 1460. The first-order valence-corrected chi connectivity index (χ1v) is 13.0. The summed E-state index contributed by atoms with van der Waals surface area (Å²) in [6.07, 6.45) is 0. The van der Waals surface area contributed by atoms with Gasteiger partial charge in [-0.15, -0.1) is 11.8 Å². The lowest BCUT2D eigenvalue weighted by Gasteiger charge is -2.24. The first-order chi connectivity index (χ1) is 17.0. The van der Waals surface area contributed by atoms with Gasteiger partial charge in [0.05, 0.1) is 28.1 Å². The molecule has 1 aliphatic heterocycles. The molecular weight excluding hydrogens is 480 g/mol. The second-order valence-electron chi connectivity index (χ2n) is 8.05. The number of thioether (sulfide) groups is 2. The van der Waals surface area contributed by atoms with E-state index in [4.69, 9.17) is 0 Å². The van der Waals surface area contributed by atoms with Crippen molar-refractivity contribution in [2.45, 2.75) is 17.5 Å². The van der Waals surface area contributed by atoms with Gasteiger partial charge in [0.2, 0.25) is 5.91 Å². The van der Waals surface area contributed by atoms with Crippen molar-refractivity contribution in [3.8, 4) is 5.69 Å². The Morgan fingerprint density at radius 3 is 2.51 bits per heavy atom. The number of nitrogens with zero attached hydrogens (tertiary/aromatic N) is 3. The maximum atomic E-state index is 13.4. The van der Waals surface area contributed by atoms with E-state index in [9.17, 15) is 14.4 Å². The Kier molecular flexibility index (Phi) is 6.61. The largest absolute Gasteiger partial charge is 0.272 e. The number of carbonyl (C=O) groups excluding carboxylic acids is 2. The van der Waals surface area contributed by atoms with Gasteiger partial charge in [0.1, 0.15) is 5.37 Å². The van der Waals surface area contributed by atoms with E-state index in [-0.39, 0.29) is 28.5 Å². The third kappa shape index (κ3) is 4.82. The quantitative estimate of drug-likeness (QED) is 0.316. The number of hydrogen-bond acceptors (Lipinski definition) is 6. The Labute approximate surface area is 210 Å². The van der Waals surface area contributed by atoms with Crippen LogP contribution >= 0.6 is 23.5 Å². The number of benzene rings is 3. The van der Waals surface area contributed by atoms with Crippen LogP contribution in [0.4, 0.5) is 0 Å². The molecule has 9 heteroatoms. The minimum atomic E-state index is -0.343. The summed E-state index contributed by atoms with van der Waals surface area (Å²) in [4.78, 5) is 43.4. The van der Waals surface area contributed by atoms with Gasteiger partial charge in [-0.05, 0) is 36.8 Å². The molecule has 0 aliphatic carbocycles. The number of rotatable bonds is 6. The van der Waals surface area contributed by atoms with Crippen LogP contribution in [0.15, 0.2) is 88.8 Å². The molecule has 1 aliphatic rings. The van der Waals surface area contributed by atoms with E-state index in [0.717, 1.165) is 22.9 Å². The van der Waals surface area contributed by atoms with Gasteiger partial charge in [-0.3, -0.25) is 24.4 Å². The topological polar surface area (TPSA) is 84.3 Å². The van der Waals surface area contributed by atoms with E-state index < -0.39 is 0 Å². The number of para-hydroxylation sites is 1. The highest BCUT2D eigenvalue weighted by molar-refractivity contribution is 8.00. The van der Waals surface area contributed by atoms with Crippen LogP contribution in [0.5, 0.6) is 0 Å². The van der Waals surface area contributed by atoms with Crippen LogP contribution in [-0.4, -0.2) is 37.9 Å². The molecule has 0 spiro atoms. The molecule has 1 atom stereocenters. The van der Waals surface area contributed by atoms with Crippen molar-refractivity contribution < 1.29 is 9.59 Å². The maximum Gasteiger partial charge on any atom is 0.266 e. The molecule has 7 nitrogen and oxygen atoms in total. The second kappa shape index (κ2) is 9.97. The Morgan fingerprint density at radius 1 is 1.03 bits per heavy atom. The molecule has 4 aromatic rings. The number of carbonyl (C=O) groups is 2. The number of fused-ring (bicyclic) bond motifs is 1. The van der Waals surface area contributed by atoms with Gasteiger partial charge in [0.15, 0.2) is 5.16 Å². The Morgan fingerprint density at radius 2 is 1.74 bits per heavy atom. The summed E-state index contributed by atoms with van der Waals surface area (Å²) in [5.41, 5.74) is 5.82. The molecule has 1 saturated heterocycles. The monoisotopic (exact) mass is 502 g/mol. The number of amides is 2. The third-order valence-electron chi connectivity index (χ3n) is 5.57. The lowest BCUT2D eigenvalue weighted by atomic mass is 10.2. The minimum Gasteiger partial charge on any atom is -0.272 e. The van der Waals surface area contributed by atoms with Gasteiger partial charge < -0.3 is 0 Å². The molecule has 2 heterocycles. The standard InChI is InChI=1S/C26H22N4O3S2/c1-17-11-13-19(14-12-17)29-24(33)20-9-5-6-10-21(20)27-26(29)35-15-22(31)28-30-23(32)16-34-25(30)18-7-3-2-4-8-18/h2-14,25H,15-16H2,1H3,(H,28,31). The van der Waals surface area contributed by atoms with E-state index in [0.29, 0.717) is 27.5 Å². The zero-order chi connectivity index (χ0) is 24.4. The maximum absolute atomic E-state index is 13.4. The van der Waals surface area contributed by atoms with E-state index in [1.54, 1.807) is 18.2 Å². The lowest BCUT2D eigenvalue weighted by molar-refractivity contribution is -0.138. The van der Waals surface area contributed by atoms with Crippen molar-refractivity contribution in [1.29, 1.82) is 0 Å². The van der Waals surface area contributed by atoms with Crippen molar-refractivity contribution in [1.82, 2.24) is 20.0 Å².